The summed E-state index contributed by atoms with van der Waals surface area (Å²) in [4.78, 5) is 17.1. The van der Waals surface area contributed by atoms with Crippen molar-refractivity contribution in [1.82, 2.24) is 4.98 Å². The molecule has 2 rings (SSSR count). The van der Waals surface area contributed by atoms with E-state index in [2.05, 4.69) is 35.9 Å². The van der Waals surface area contributed by atoms with Crippen LogP contribution in [0.1, 0.15) is 28.0 Å². The van der Waals surface area contributed by atoms with Gasteiger partial charge in [0, 0.05) is 17.6 Å². The number of rotatable bonds is 5. The van der Waals surface area contributed by atoms with E-state index < -0.39 is 5.97 Å². The van der Waals surface area contributed by atoms with Gasteiger partial charge in [-0.2, -0.15) is 0 Å². The lowest BCUT2D eigenvalue weighted by Crippen LogP contribution is -2.23. The molecule has 4 nitrogen and oxygen atoms in total. The number of hydrogen-bond donors (Lipinski definition) is 1. The molecule has 0 saturated heterocycles. The van der Waals surface area contributed by atoms with Crippen molar-refractivity contribution in [2.75, 3.05) is 11.4 Å². The summed E-state index contributed by atoms with van der Waals surface area (Å²) in [7, 11) is 0. The Morgan fingerprint density at radius 1 is 1.42 bits per heavy atom. The molecule has 100 valence electrons. The van der Waals surface area contributed by atoms with Crippen LogP contribution in [0.5, 0.6) is 0 Å². The highest BCUT2D eigenvalue weighted by Gasteiger charge is 2.12. The maximum atomic E-state index is 10.8. The molecule has 0 atom stereocenters. The molecule has 1 N–H and O–H groups in total. The SMILES string of the molecule is CCN(Cc1csc(C(=O)O)n1)c1ccccc1C. The predicted octanol–water partition coefficient (Wildman–Crippen LogP) is 3.18. The van der Waals surface area contributed by atoms with Crippen LogP contribution in [-0.4, -0.2) is 22.6 Å². The predicted molar refractivity (Wildman–Crippen MR) is 77.0 cm³/mol. The number of aromatic carboxylic acids is 1. The Balaban J connectivity index is 2.19. The fourth-order valence-electron chi connectivity index (χ4n) is 1.96. The van der Waals surface area contributed by atoms with Crippen LogP contribution in [0.3, 0.4) is 0 Å². The van der Waals surface area contributed by atoms with E-state index in [0.717, 1.165) is 17.9 Å². The minimum Gasteiger partial charge on any atom is -0.476 e. The number of hydrogen-bond acceptors (Lipinski definition) is 4. The molecule has 0 aliphatic rings. The fraction of sp³-hybridized carbons (Fsp3) is 0.286. The van der Waals surface area contributed by atoms with Crippen LogP contribution in [0.2, 0.25) is 0 Å². The second-order valence-electron chi connectivity index (χ2n) is 4.25. The first-order chi connectivity index (χ1) is 9.11. The molecule has 1 aromatic heterocycles. The van der Waals surface area contributed by atoms with Gasteiger partial charge >= 0.3 is 5.97 Å². The summed E-state index contributed by atoms with van der Waals surface area (Å²) in [6.07, 6.45) is 0. The Kier molecular flexibility index (Phi) is 4.16. The quantitative estimate of drug-likeness (QED) is 0.911. The van der Waals surface area contributed by atoms with E-state index in [1.165, 1.54) is 16.9 Å². The van der Waals surface area contributed by atoms with Crippen LogP contribution in [0.4, 0.5) is 5.69 Å². The van der Waals surface area contributed by atoms with Gasteiger partial charge in [-0.25, -0.2) is 9.78 Å². The van der Waals surface area contributed by atoms with Crippen molar-refractivity contribution in [3.63, 3.8) is 0 Å². The smallest absolute Gasteiger partial charge is 0.365 e. The number of nitrogens with zero attached hydrogens (tertiary/aromatic N) is 2. The van der Waals surface area contributed by atoms with Crippen molar-refractivity contribution in [3.05, 3.63) is 45.9 Å². The number of carboxylic acids is 1. The number of para-hydroxylation sites is 1. The lowest BCUT2D eigenvalue weighted by molar-refractivity contribution is 0.0696. The van der Waals surface area contributed by atoms with Crippen LogP contribution in [0, 0.1) is 6.92 Å². The van der Waals surface area contributed by atoms with Crippen LogP contribution < -0.4 is 4.90 Å². The van der Waals surface area contributed by atoms with Crippen LogP contribution in [0.15, 0.2) is 29.6 Å². The summed E-state index contributed by atoms with van der Waals surface area (Å²) < 4.78 is 0. The van der Waals surface area contributed by atoms with Crippen LogP contribution in [0.25, 0.3) is 0 Å². The highest BCUT2D eigenvalue weighted by Crippen LogP contribution is 2.22. The Bertz CT molecular complexity index is 580. The molecular formula is C14H16N2O2S. The number of benzene rings is 1. The minimum atomic E-state index is -0.963. The molecule has 19 heavy (non-hydrogen) atoms. The molecule has 0 spiro atoms. The Labute approximate surface area is 116 Å². The van der Waals surface area contributed by atoms with Crippen molar-refractivity contribution in [2.24, 2.45) is 0 Å². The van der Waals surface area contributed by atoms with Gasteiger partial charge in [0.1, 0.15) is 0 Å². The lowest BCUT2D eigenvalue weighted by atomic mass is 10.2. The molecule has 1 aromatic carbocycles. The minimum absolute atomic E-state index is 0.149. The van der Waals surface area contributed by atoms with Gasteiger partial charge in [0.25, 0.3) is 0 Å². The number of anilines is 1. The molecule has 0 saturated carbocycles. The standard InChI is InChI=1S/C14H16N2O2S/c1-3-16(12-7-5-4-6-10(12)2)8-11-9-19-13(15-11)14(17)18/h4-7,9H,3,8H2,1-2H3,(H,17,18). The first-order valence-electron chi connectivity index (χ1n) is 6.10. The second kappa shape index (κ2) is 5.84. The molecule has 1 heterocycles. The van der Waals surface area contributed by atoms with Crippen LogP contribution >= 0.6 is 11.3 Å². The maximum Gasteiger partial charge on any atom is 0.365 e. The highest BCUT2D eigenvalue weighted by atomic mass is 32.1. The zero-order chi connectivity index (χ0) is 13.8. The van der Waals surface area contributed by atoms with Gasteiger partial charge in [-0.05, 0) is 25.5 Å². The van der Waals surface area contributed by atoms with E-state index in [4.69, 9.17) is 5.11 Å². The maximum absolute atomic E-state index is 10.8. The van der Waals surface area contributed by atoms with Gasteiger partial charge in [-0.3, -0.25) is 0 Å². The van der Waals surface area contributed by atoms with Gasteiger partial charge in [0.15, 0.2) is 0 Å². The fourth-order valence-corrected chi connectivity index (χ4v) is 2.60. The summed E-state index contributed by atoms with van der Waals surface area (Å²) in [6, 6.07) is 8.16. The number of carbonyl (C=O) groups is 1. The van der Waals surface area contributed by atoms with Crippen LogP contribution in [-0.2, 0) is 6.54 Å². The molecule has 0 amide bonds. The van der Waals surface area contributed by atoms with Gasteiger partial charge in [-0.1, -0.05) is 18.2 Å². The van der Waals surface area contributed by atoms with Gasteiger partial charge < -0.3 is 10.0 Å². The largest absolute Gasteiger partial charge is 0.476 e. The zero-order valence-electron chi connectivity index (χ0n) is 11.0. The number of carboxylic acid groups (broad SMARTS) is 1. The van der Waals surface area contributed by atoms with E-state index in [1.54, 1.807) is 0 Å². The molecular weight excluding hydrogens is 260 g/mol. The Morgan fingerprint density at radius 2 is 2.16 bits per heavy atom. The Morgan fingerprint density at radius 3 is 2.74 bits per heavy atom. The summed E-state index contributed by atoms with van der Waals surface area (Å²) >= 11 is 1.17. The molecule has 2 aromatic rings. The second-order valence-corrected chi connectivity index (χ2v) is 5.11. The van der Waals surface area contributed by atoms with E-state index in [-0.39, 0.29) is 5.01 Å². The number of thiazole rings is 1. The van der Waals surface area contributed by atoms with Crippen molar-refractivity contribution in [3.8, 4) is 0 Å². The first kappa shape index (κ1) is 13.5. The topological polar surface area (TPSA) is 53.4 Å². The number of aromatic nitrogens is 1. The van der Waals surface area contributed by atoms with Crippen molar-refractivity contribution < 1.29 is 9.90 Å². The monoisotopic (exact) mass is 276 g/mol. The van der Waals surface area contributed by atoms with Crippen molar-refractivity contribution in [1.29, 1.82) is 0 Å². The summed E-state index contributed by atoms with van der Waals surface area (Å²) in [5.41, 5.74) is 3.17. The van der Waals surface area contributed by atoms with E-state index in [9.17, 15) is 4.79 Å². The van der Waals surface area contributed by atoms with E-state index in [1.807, 2.05) is 17.5 Å². The molecule has 0 radical (unpaired) electrons. The van der Waals surface area contributed by atoms with E-state index >= 15 is 0 Å². The third-order valence-corrected chi connectivity index (χ3v) is 3.80. The molecule has 0 aliphatic carbocycles. The van der Waals surface area contributed by atoms with Crippen molar-refractivity contribution in [2.45, 2.75) is 20.4 Å². The molecule has 0 fully saturated rings. The summed E-state index contributed by atoms with van der Waals surface area (Å²) in [5, 5.41) is 10.8. The summed E-state index contributed by atoms with van der Waals surface area (Å²) in [5.74, 6) is -0.963. The van der Waals surface area contributed by atoms with Gasteiger partial charge in [0.05, 0.1) is 12.2 Å². The average Bonchev–Trinajstić information content (AvgIpc) is 2.86. The molecule has 0 aliphatic heterocycles. The summed E-state index contributed by atoms with van der Waals surface area (Å²) in [6.45, 7) is 5.63. The molecule has 0 unspecified atom stereocenters. The van der Waals surface area contributed by atoms with E-state index in [0.29, 0.717) is 6.54 Å². The third kappa shape index (κ3) is 3.12. The first-order valence-corrected chi connectivity index (χ1v) is 6.98. The van der Waals surface area contributed by atoms with Gasteiger partial charge in [0.2, 0.25) is 5.01 Å². The third-order valence-electron chi connectivity index (χ3n) is 2.93. The average molecular weight is 276 g/mol. The zero-order valence-corrected chi connectivity index (χ0v) is 11.8. The highest BCUT2D eigenvalue weighted by molar-refractivity contribution is 7.11. The van der Waals surface area contributed by atoms with Crippen molar-refractivity contribution >= 4 is 23.0 Å². The van der Waals surface area contributed by atoms with Gasteiger partial charge in [-0.15, -0.1) is 11.3 Å². The normalized spacial score (nSPS) is 10.4. The number of aryl methyl sites for hydroxylation is 1. The Hall–Kier alpha value is -1.88. The molecule has 5 heteroatoms. The molecule has 0 bridgehead atoms. The lowest BCUT2D eigenvalue weighted by Gasteiger charge is -2.23.